The standard InChI is InChI=1S/C20H18ClN3O2/c21-13-7-8-17-12(10-13)11-18(26-17)20(25)24-9-3-6-16(24)19-22-14-4-1-2-5-15(14)23-19/h1-2,4-5,7-8,10,16,18H,3,6,9,11H2,(H,22,23)/t16-,18-/m1/s1. The Kier molecular flexibility index (Phi) is 3.64. The molecule has 5 nitrogen and oxygen atoms in total. The Morgan fingerprint density at radius 2 is 2.15 bits per heavy atom. The molecule has 1 fully saturated rings. The summed E-state index contributed by atoms with van der Waals surface area (Å²) in [6, 6.07) is 13.4. The summed E-state index contributed by atoms with van der Waals surface area (Å²) in [6.45, 7) is 0.734. The van der Waals surface area contributed by atoms with E-state index in [9.17, 15) is 4.79 Å². The highest BCUT2D eigenvalue weighted by atomic mass is 35.5. The Balaban J connectivity index is 1.39. The predicted molar refractivity (Wildman–Crippen MR) is 99.4 cm³/mol. The number of hydrogen-bond donors (Lipinski definition) is 1. The molecule has 2 aliphatic rings. The zero-order valence-corrected chi connectivity index (χ0v) is 14.9. The van der Waals surface area contributed by atoms with Crippen LogP contribution in [0.25, 0.3) is 11.0 Å². The molecular formula is C20H18ClN3O2. The van der Waals surface area contributed by atoms with Crippen LogP contribution in [0.5, 0.6) is 5.75 Å². The van der Waals surface area contributed by atoms with Gasteiger partial charge in [-0.25, -0.2) is 4.98 Å². The number of fused-ring (bicyclic) bond motifs is 2. The van der Waals surface area contributed by atoms with Crippen molar-refractivity contribution in [1.29, 1.82) is 0 Å². The first kappa shape index (κ1) is 15.7. The number of ether oxygens (including phenoxy) is 1. The van der Waals surface area contributed by atoms with E-state index >= 15 is 0 Å². The molecule has 2 aliphatic heterocycles. The average molecular weight is 368 g/mol. The zero-order valence-electron chi connectivity index (χ0n) is 14.1. The molecule has 1 aromatic heterocycles. The molecule has 1 N–H and O–H groups in total. The SMILES string of the molecule is O=C([C@H]1Cc2cc(Cl)ccc2O1)N1CCC[C@@H]1c1nc2ccccc2[nH]1. The van der Waals surface area contributed by atoms with Gasteiger partial charge in [-0.05, 0) is 48.7 Å². The molecular weight excluding hydrogens is 350 g/mol. The topological polar surface area (TPSA) is 58.2 Å². The summed E-state index contributed by atoms with van der Waals surface area (Å²) in [5.74, 6) is 1.64. The second-order valence-electron chi connectivity index (χ2n) is 6.89. The van der Waals surface area contributed by atoms with Crippen molar-refractivity contribution in [2.75, 3.05) is 6.54 Å². The minimum atomic E-state index is -0.478. The Labute approximate surface area is 155 Å². The first-order valence-electron chi connectivity index (χ1n) is 8.89. The fourth-order valence-corrected chi connectivity index (χ4v) is 4.18. The van der Waals surface area contributed by atoms with E-state index < -0.39 is 6.10 Å². The third-order valence-electron chi connectivity index (χ3n) is 5.23. The number of aromatic nitrogens is 2. The summed E-state index contributed by atoms with van der Waals surface area (Å²) in [5, 5.41) is 0.668. The lowest BCUT2D eigenvalue weighted by Crippen LogP contribution is -2.41. The number of hydrogen-bond acceptors (Lipinski definition) is 3. The van der Waals surface area contributed by atoms with Crippen LogP contribution in [0.1, 0.15) is 30.3 Å². The number of aromatic amines is 1. The molecule has 26 heavy (non-hydrogen) atoms. The lowest BCUT2D eigenvalue weighted by atomic mass is 10.1. The number of carbonyl (C=O) groups is 1. The van der Waals surface area contributed by atoms with Gasteiger partial charge in [-0.3, -0.25) is 4.79 Å². The van der Waals surface area contributed by atoms with Gasteiger partial charge in [-0.2, -0.15) is 0 Å². The van der Waals surface area contributed by atoms with Gasteiger partial charge in [0.1, 0.15) is 11.6 Å². The summed E-state index contributed by atoms with van der Waals surface area (Å²) < 4.78 is 5.90. The van der Waals surface area contributed by atoms with E-state index in [0.717, 1.165) is 47.6 Å². The number of rotatable bonds is 2. The lowest BCUT2D eigenvalue weighted by Gasteiger charge is -2.25. The molecule has 0 bridgehead atoms. The van der Waals surface area contributed by atoms with Gasteiger partial charge in [0.25, 0.3) is 5.91 Å². The number of benzene rings is 2. The molecule has 2 atom stereocenters. The maximum absolute atomic E-state index is 13.1. The van der Waals surface area contributed by atoms with E-state index in [2.05, 4.69) is 4.98 Å². The molecule has 2 aromatic carbocycles. The number of imidazole rings is 1. The number of amides is 1. The van der Waals surface area contributed by atoms with Crippen molar-refractivity contribution < 1.29 is 9.53 Å². The predicted octanol–water partition coefficient (Wildman–Crippen LogP) is 3.88. The van der Waals surface area contributed by atoms with Crippen LogP contribution >= 0.6 is 11.6 Å². The first-order valence-corrected chi connectivity index (χ1v) is 9.27. The maximum atomic E-state index is 13.1. The summed E-state index contributed by atoms with van der Waals surface area (Å²) in [6.07, 6.45) is 1.97. The summed E-state index contributed by atoms with van der Waals surface area (Å²) in [7, 11) is 0. The van der Waals surface area contributed by atoms with Crippen molar-refractivity contribution in [3.8, 4) is 5.75 Å². The molecule has 132 valence electrons. The number of halogens is 1. The molecule has 1 amide bonds. The number of H-pyrrole nitrogens is 1. The van der Waals surface area contributed by atoms with Crippen molar-refractivity contribution in [3.63, 3.8) is 0 Å². The lowest BCUT2D eigenvalue weighted by molar-refractivity contribution is -0.139. The third-order valence-corrected chi connectivity index (χ3v) is 5.47. The van der Waals surface area contributed by atoms with Crippen molar-refractivity contribution >= 4 is 28.5 Å². The van der Waals surface area contributed by atoms with E-state index in [0.29, 0.717) is 11.4 Å². The van der Waals surface area contributed by atoms with Gasteiger partial charge in [0.05, 0.1) is 17.1 Å². The van der Waals surface area contributed by atoms with E-state index in [1.807, 2.05) is 41.3 Å². The second kappa shape index (κ2) is 6.02. The van der Waals surface area contributed by atoms with Crippen LogP contribution in [-0.4, -0.2) is 33.4 Å². The molecule has 0 unspecified atom stereocenters. The monoisotopic (exact) mass is 367 g/mol. The van der Waals surface area contributed by atoms with Crippen LogP contribution in [0.2, 0.25) is 5.02 Å². The Morgan fingerprint density at radius 3 is 3.04 bits per heavy atom. The molecule has 0 spiro atoms. The smallest absolute Gasteiger partial charge is 0.264 e. The highest BCUT2D eigenvalue weighted by molar-refractivity contribution is 6.30. The van der Waals surface area contributed by atoms with Gasteiger partial charge < -0.3 is 14.6 Å². The largest absolute Gasteiger partial charge is 0.480 e. The van der Waals surface area contributed by atoms with E-state index in [4.69, 9.17) is 21.3 Å². The van der Waals surface area contributed by atoms with Crippen LogP contribution in [0.4, 0.5) is 0 Å². The van der Waals surface area contributed by atoms with Gasteiger partial charge in [-0.1, -0.05) is 23.7 Å². The molecule has 0 saturated carbocycles. The molecule has 0 aliphatic carbocycles. The Bertz CT molecular complexity index is 967. The number of carbonyl (C=O) groups excluding carboxylic acids is 1. The van der Waals surface area contributed by atoms with Crippen LogP contribution in [0.15, 0.2) is 42.5 Å². The van der Waals surface area contributed by atoms with Gasteiger partial charge in [0.2, 0.25) is 0 Å². The molecule has 3 aromatic rings. The van der Waals surface area contributed by atoms with Crippen molar-refractivity contribution in [2.24, 2.45) is 0 Å². The minimum Gasteiger partial charge on any atom is -0.480 e. The van der Waals surface area contributed by atoms with Gasteiger partial charge in [-0.15, -0.1) is 0 Å². The van der Waals surface area contributed by atoms with Crippen LogP contribution in [0, 0.1) is 0 Å². The fraction of sp³-hybridized carbons (Fsp3) is 0.300. The van der Waals surface area contributed by atoms with Crippen LogP contribution in [-0.2, 0) is 11.2 Å². The fourth-order valence-electron chi connectivity index (χ4n) is 3.98. The van der Waals surface area contributed by atoms with Gasteiger partial charge in [0.15, 0.2) is 6.10 Å². The molecule has 0 radical (unpaired) electrons. The minimum absolute atomic E-state index is 0.0224. The van der Waals surface area contributed by atoms with Crippen LogP contribution in [0.3, 0.4) is 0 Å². The summed E-state index contributed by atoms with van der Waals surface area (Å²) >= 11 is 6.06. The summed E-state index contributed by atoms with van der Waals surface area (Å²) in [5.41, 5.74) is 2.93. The number of para-hydroxylation sites is 2. The quantitative estimate of drug-likeness (QED) is 0.747. The highest BCUT2D eigenvalue weighted by Gasteiger charge is 2.39. The first-order chi connectivity index (χ1) is 12.7. The number of nitrogens with zero attached hydrogens (tertiary/aromatic N) is 2. The van der Waals surface area contributed by atoms with Gasteiger partial charge in [0, 0.05) is 18.0 Å². The second-order valence-corrected chi connectivity index (χ2v) is 7.33. The van der Waals surface area contributed by atoms with E-state index in [1.165, 1.54) is 0 Å². The van der Waals surface area contributed by atoms with Crippen molar-refractivity contribution in [2.45, 2.75) is 31.4 Å². The molecule has 5 rings (SSSR count). The Morgan fingerprint density at radius 1 is 1.27 bits per heavy atom. The van der Waals surface area contributed by atoms with Crippen LogP contribution < -0.4 is 4.74 Å². The van der Waals surface area contributed by atoms with E-state index in [1.54, 1.807) is 6.07 Å². The Hall–Kier alpha value is -2.53. The highest BCUT2D eigenvalue weighted by Crippen LogP contribution is 2.36. The normalized spacial score (nSPS) is 21.8. The molecule has 1 saturated heterocycles. The maximum Gasteiger partial charge on any atom is 0.264 e. The number of nitrogens with one attached hydrogen (secondary N) is 1. The molecule has 6 heteroatoms. The molecule has 3 heterocycles. The number of likely N-dealkylation sites (tertiary alicyclic amines) is 1. The summed E-state index contributed by atoms with van der Waals surface area (Å²) in [4.78, 5) is 23.1. The average Bonchev–Trinajstić information content (AvgIpc) is 3.36. The van der Waals surface area contributed by atoms with Crippen molar-refractivity contribution in [3.05, 3.63) is 58.9 Å². The zero-order chi connectivity index (χ0) is 17.7. The van der Waals surface area contributed by atoms with E-state index in [-0.39, 0.29) is 11.9 Å². The third kappa shape index (κ3) is 2.54. The van der Waals surface area contributed by atoms with Gasteiger partial charge >= 0.3 is 0 Å². The van der Waals surface area contributed by atoms with Crippen molar-refractivity contribution in [1.82, 2.24) is 14.9 Å².